The fraction of sp³-hybridized carbons (Fsp3) is 0.600. The van der Waals surface area contributed by atoms with Crippen molar-refractivity contribution in [3.63, 3.8) is 0 Å². The molecular weight excluding hydrogens is 316 g/mol. The number of carbonyl (C=O) groups excluding carboxylic acids is 2. The van der Waals surface area contributed by atoms with Crippen molar-refractivity contribution in [2.45, 2.75) is 64.6 Å². The highest BCUT2D eigenvalue weighted by molar-refractivity contribution is 5.87. The fourth-order valence-electron chi connectivity index (χ4n) is 3.22. The van der Waals surface area contributed by atoms with Crippen molar-refractivity contribution in [1.29, 1.82) is 0 Å². The minimum absolute atomic E-state index is 0.0523. The molecule has 25 heavy (non-hydrogen) atoms. The van der Waals surface area contributed by atoms with Crippen LogP contribution in [-0.4, -0.2) is 48.1 Å². The van der Waals surface area contributed by atoms with Crippen LogP contribution in [-0.2, 0) is 20.7 Å². The molecular formula is C20H30N2O3. The van der Waals surface area contributed by atoms with Gasteiger partial charge in [-0.15, -0.1) is 0 Å². The molecule has 1 N–H and O–H groups in total. The first-order chi connectivity index (χ1) is 12.0. The molecule has 138 valence electrons. The number of nitrogens with one attached hydrogen (secondary N) is 1. The first-order valence-electron chi connectivity index (χ1n) is 9.20. The number of hydrogen-bond donors (Lipinski definition) is 1. The van der Waals surface area contributed by atoms with Gasteiger partial charge in [0.2, 0.25) is 11.8 Å². The van der Waals surface area contributed by atoms with E-state index in [2.05, 4.69) is 29.6 Å². The molecule has 2 rings (SSSR count). The quantitative estimate of drug-likeness (QED) is 0.736. The van der Waals surface area contributed by atoms with Gasteiger partial charge in [-0.05, 0) is 38.7 Å². The van der Waals surface area contributed by atoms with Gasteiger partial charge < -0.3 is 15.0 Å². The molecule has 2 amide bonds. The number of rotatable bonds is 8. The molecule has 0 radical (unpaired) electrons. The molecule has 1 saturated heterocycles. The van der Waals surface area contributed by atoms with E-state index in [1.807, 2.05) is 19.9 Å². The molecule has 0 unspecified atom stereocenters. The van der Waals surface area contributed by atoms with Crippen molar-refractivity contribution in [1.82, 2.24) is 10.2 Å². The van der Waals surface area contributed by atoms with Gasteiger partial charge in [0.15, 0.2) is 0 Å². The summed E-state index contributed by atoms with van der Waals surface area (Å²) in [5.74, 6) is -0.153. The van der Waals surface area contributed by atoms with Crippen LogP contribution in [0.4, 0.5) is 0 Å². The Morgan fingerprint density at radius 1 is 1.24 bits per heavy atom. The van der Waals surface area contributed by atoms with Crippen LogP contribution in [0.25, 0.3) is 0 Å². The number of aryl methyl sites for hydroxylation is 1. The molecule has 0 aromatic heterocycles. The van der Waals surface area contributed by atoms with Crippen LogP contribution < -0.4 is 5.32 Å². The van der Waals surface area contributed by atoms with E-state index in [9.17, 15) is 9.59 Å². The standard InChI is InChI=1S/C20H30N2O3/c1-15(2)21-20(24)19-13-18(14-22(19)16(3)23)25-12-8-7-11-17-9-5-4-6-10-17/h4-6,9-10,15,18-19H,7-8,11-14H2,1-3H3,(H,21,24)/t18-,19+/m1/s1. The van der Waals surface area contributed by atoms with Gasteiger partial charge in [0.25, 0.3) is 0 Å². The highest BCUT2D eigenvalue weighted by Crippen LogP contribution is 2.21. The smallest absolute Gasteiger partial charge is 0.243 e. The summed E-state index contributed by atoms with van der Waals surface area (Å²) in [6, 6.07) is 10.1. The molecule has 0 bridgehead atoms. The maximum absolute atomic E-state index is 12.3. The molecule has 0 aliphatic carbocycles. The van der Waals surface area contributed by atoms with E-state index in [-0.39, 0.29) is 24.0 Å². The van der Waals surface area contributed by atoms with Crippen molar-refractivity contribution < 1.29 is 14.3 Å². The normalized spacial score (nSPS) is 20.1. The summed E-state index contributed by atoms with van der Waals surface area (Å²) in [6.07, 6.45) is 3.63. The Morgan fingerprint density at radius 2 is 1.96 bits per heavy atom. The molecule has 5 nitrogen and oxygen atoms in total. The average molecular weight is 346 g/mol. The Balaban J connectivity index is 1.73. The summed E-state index contributed by atoms with van der Waals surface area (Å²) >= 11 is 0. The Morgan fingerprint density at radius 3 is 2.60 bits per heavy atom. The van der Waals surface area contributed by atoms with Crippen molar-refractivity contribution in [3.05, 3.63) is 35.9 Å². The zero-order valence-electron chi connectivity index (χ0n) is 15.5. The van der Waals surface area contributed by atoms with Gasteiger partial charge in [-0.3, -0.25) is 9.59 Å². The Labute approximate surface area is 150 Å². The largest absolute Gasteiger partial charge is 0.376 e. The van der Waals surface area contributed by atoms with Crippen LogP contribution in [0.1, 0.15) is 45.6 Å². The lowest BCUT2D eigenvalue weighted by atomic mass is 10.1. The van der Waals surface area contributed by atoms with Crippen molar-refractivity contribution in [2.75, 3.05) is 13.2 Å². The van der Waals surface area contributed by atoms with Gasteiger partial charge in [-0.25, -0.2) is 0 Å². The molecule has 1 heterocycles. The average Bonchev–Trinajstić information content (AvgIpc) is 2.99. The van der Waals surface area contributed by atoms with E-state index in [1.54, 1.807) is 4.90 Å². The van der Waals surface area contributed by atoms with E-state index in [4.69, 9.17) is 4.74 Å². The van der Waals surface area contributed by atoms with Crippen molar-refractivity contribution in [3.8, 4) is 0 Å². The van der Waals surface area contributed by atoms with Gasteiger partial charge >= 0.3 is 0 Å². The van der Waals surface area contributed by atoms with Gasteiger partial charge in [-0.2, -0.15) is 0 Å². The summed E-state index contributed by atoms with van der Waals surface area (Å²) in [6.45, 7) is 6.53. The van der Waals surface area contributed by atoms with Crippen LogP contribution in [0.3, 0.4) is 0 Å². The molecule has 0 saturated carbocycles. The van der Waals surface area contributed by atoms with Gasteiger partial charge in [-0.1, -0.05) is 30.3 Å². The number of unbranched alkanes of at least 4 members (excludes halogenated alkanes) is 1. The number of hydrogen-bond acceptors (Lipinski definition) is 3. The summed E-state index contributed by atoms with van der Waals surface area (Å²) in [7, 11) is 0. The zero-order valence-corrected chi connectivity index (χ0v) is 15.5. The van der Waals surface area contributed by atoms with E-state index < -0.39 is 6.04 Å². The lowest BCUT2D eigenvalue weighted by molar-refractivity contribution is -0.137. The van der Waals surface area contributed by atoms with E-state index in [0.717, 1.165) is 19.3 Å². The molecule has 1 aliphatic rings. The predicted molar refractivity (Wildman–Crippen MR) is 98.2 cm³/mol. The third-order valence-electron chi connectivity index (χ3n) is 4.46. The minimum Gasteiger partial charge on any atom is -0.376 e. The topological polar surface area (TPSA) is 58.6 Å². The number of benzene rings is 1. The predicted octanol–water partition coefficient (Wildman–Crippen LogP) is 2.54. The monoisotopic (exact) mass is 346 g/mol. The molecule has 0 spiro atoms. The third-order valence-corrected chi connectivity index (χ3v) is 4.46. The first kappa shape index (κ1) is 19.4. The van der Waals surface area contributed by atoms with Gasteiger partial charge in [0.05, 0.1) is 6.10 Å². The molecule has 5 heteroatoms. The van der Waals surface area contributed by atoms with Crippen LogP contribution >= 0.6 is 0 Å². The Kier molecular flexibility index (Phi) is 7.44. The second-order valence-electron chi connectivity index (χ2n) is 7.02. The van der Waals surface area contributed by atoms with Crippen LogP contribution in [0.5, 0.6) is 0 Å². The maximum Gasteiger partial charge on any atom is 0.243 e. The molecule has 2 atom stereocenters. The number of nitrogens with zero attached hydrogens (tertiary/aromatic N) is 1. The Hall–Kier alpha value is -1.88. The molecule has 1 aromatic carbocycles. The summed E-state index contributed by atoms with van der Waals surface area (Å²) < 4.78 is 5.93. The molecule has 1 aliphatic heterocycles. The number of carbonyl (C=O) groups is 2. The van der Waals surface area contributed by atoms with E-state index in [1.165, 1.54) is 12.5 Å². The highest BCUT2D eigenvalue weighted by atomic mass is 16.5. The second-order valence-corrected chi connectivity index (χ2v) is 7.02. The summed E-state index contributed by atoms with van der Waals surface area (Å²) in [4.78, 5) is 25.7. The summed E-state index contributed by atoms with van der Waals surface area (Å²) in [5, 5.41) is 2.90. The van der Waals surface area contributed by atoms with Gasteiger partial charge in [0, 0.05) is 32.5 Å². The highest BCUT2D eigenvalue weighted by Gasteiger charge is 2.38. The number of amides is 2. The SMILES string of the molecule is CC(=O)N1C[C@H](OCCCCc2ccccc2)C[C@H]1C(=O)NC(C)C. The second kappa shape index (κ2) is 9.56. The van der Waals surface area contributed by atoms with Gasteiger partial charge in [0.1, 0.15) is 6.04 Å². The summed E-state index contributed by atoms with van der Waals surface area (Å²) in [5.41, 5.74) is 1.34. The Bertz CT molecular complexity index is 559. The third kappa shape index (κ3) is 6.16. The zero-order chi connectivity index (χ0) is 18.2. The van der Waals surface area contributed by atoms with Crippen LogP contribution in [0.15, 0.2) is 30.3 Å². The van der Waals surface area contributed by atoms with Crippen LogP contribution in [0, 0.1) is 0 Å². The fourth-order valence-corrected chi connectivity index (χ4v) is 3.22. The molecule has 1 fully saturated rings. The van der Waals surface area contributed by atoms with E-state index in [0.29, 0.717) is 19.6 Å². The lowest BCUT2D eigenvalue weighted by Crippen LogP contribution is -2.47. The van der Waals surface area contributed by atoms with Crippen molar-refractivity contribution >= 4 is 11.8 Å². The van der Waals surface area contributed by atoms with Crippen LogP contribution in [0.2, 0.25) is 0 Å². The van der Waals surface area contributed by atoms with E-state index >= 15 is 0 Å². The number of likely N-dealkylation sites (tertiary alicyclic amines) is 1. The van der Waals surface area contributed by atoms with Crippen molar-refractivity contribution in [2.24, 2.45) is 0 Å². The first-order valence-corrected chi connectivity index (χ1v) is 9.20. The molecule has 1 aromatic rings. The number of ether oxygens (including phenoxy) is 1. The lowest BCUT2D eigenvalue weighted by Gasteiger charge is -2.23. The minimum atomic E-state index is -0.408. The maximum atomic E-state index is 12.3.